The second-order valence-corrected chi connectivity index (χ2v) is 7.74. The third-order valence-corrected chi connectivity index (χ3v) is 5.33. The van der Waals surface area contributed by atoms with Crippen LogP contribution in [-0.2, 0) is 6.54 Å². The molecule has 0 saturated heterocycles. The van der Waals surface area contributed by atoms with Gasteiger partial charge >= 0.3 is 0 Å². The Labute approximate surface area is 177 Å². The van der Waals surface area contributed by atoms with E-state index in [1.54, 1.807) is 48.7 Å². The number of hydrogen-bond acceptors (Lipinski definition) is 5. The van der Waals surface area contributed by atoms with Gasteiger partial charge in [-0.05, 0) is 61.5 Å². The highest BCUT2D eigenvalue weighted by molar-refractivity contribution is 7.99. The minimum atomic E-state index is -0.238. The zero-order valence-electron chi connectivity index (χ0n) is 16.2. The van der Waals surface area contributed by atoms with E-state index in [1.165, 1.54) is 28.1 Å². The van der Waals surface area contributed by atoms with Crippen molar-refractivity contribution < 1.29 is 9.21 Å². The highest BCUT2D eigenvalue weighted by Gasteiger charge is 2.09. The van der Waals surface area contributed by atoms with Gasteiger partial charge in [0.1, 0.15) is 10.8 Å². The van der Waals surface area contributed by atoms with Crippen molar-refractivity contribution in [3.8, 4) is 5.69 Å². The predicted octanol–water partition coefficient (Wildman–Crippen LogP) is 4.22. The predicted molar refractivity (Wildman–Crippen MR) is 115 cm³/mol. The summed E-state index contributed by atoms with van der Waals surface area (Å²) in [6.45, 7) is 2.35. The lowest BCUT2D eigenvalue weighted by Gasteiger charge is -2.08. The number of nitrogens with zero attached hydrogens (tertiary/aromatic N) is 2. The topological polar surface area (TPSA) is 77.1 Å². The summed E-state index contributed by atoms with van der Waals surface area (Å²) >= 11 is 1.48. The van der Waals surface area contributed by atoms with E-state index in [2.05, 4.69) is 10.4 Å². The number of carbonyl (C=O) groups is 1. The number of rotatable bonds is 6. The van der Waals surface area contributed by atoms with Gasteiger partial charge in [-0.1, -0.05) is 29.5 Å². The molecule has 0 aliphatic carbocycles. The lowest BCUT2D eigenvalue weighted by atomic mass is 10.2. The highest BCUT2D eigenvalue weighted by atomic mass is 32.2. The summed E-state index contributed by atoms with van der Waals surface area (Å²) in [5, 5.41) is 7.96. The standard InChI is InChI=1S/C23H19N3O3S/c1-16-4-10-20(11-5-16)30-21-12-13-22(27)26(25-21)18-8-6-17(7-9-18)23(28)24-15-19-3-2-14-29-19/h2-14H,15H2,1H3,(H,24,28). The molecule has 4 rings (SSSR count). The van der Waals surface area contributed by atoms with Crippen LogP contribution in [0.2, 0.25) is 0 Å². The number of amides is 1. The molecule has 2 aromatic carbocycles. The van der Waals surface area contributed by atoms with E-state index in [4.69, 9.17) is 4.42 Å². The molecule has 0 spiro atoms. The molecule has 2 aromatic heterocycles. The molecule has 0 aliphatic heterocycles. The van der Waals surface area contributed by atoms with Crippen LogP contribution in [0.3, 0.4) is 0 Å². The molecule has 1 amide bonds. The summed E-state index contributed by atoms with van der Waals surface area (Å²) in [7, 11) is 0. The maximum Gasteiger partial charge on any atom is 0.271 e. The van der Waals surface area contributed by atoms with E-state index in [-0.39, 0.29) is 11.5 Å². The maximum atomic E-state index is 12.3. The van der Waals surface area contributed by atoms with Crippen molar-refractivity contribution in [2.24, 2.45) is 0 Å². The molecular weight excluding hydrogens is 398 g/mol. The van der Waals surface area contributed by atoms with Crippen molar-refractivity contribution in [3.63, 3.8) is 0 Å². The van der Waals surface area contributed by atoms with Gasteiger partial charge in [0.05, 0.1) is 18.5 Å². The van der Waals surface area contributed by atoms with Crippen LogP contribution >= 0.6 is 11.8 Å². The molecule has 1 N–H and O–H groups in total. The zero-order chi connectivity index (χ0) is 20.9. The number of hydrogen-bond donors (Lipinski definition) is 1. The van der Waals surface area contributed by atoms with Gasteiger partial charge in [-0.15, -0.1) is 0 Å². The van der Waals surface area contributed by atoms with Gasteiger partial charge in [0, 0.05) is 16.5 Å². The summed E-state index contributed by atoms with van der Waals surface area (Å²) in [6, 6.07) is 21.6. The Hall–Kier alpha value is -3.58. The third-order valence-electron chi connectivity index (χ3n) is 4.40. The van der Waals surface area contributed by atoms with Gasteiger partial charge in [-0.25, -0.2) is 0 Å². The molecular formula is C23H19N3O3S. The lowest BCUT2D eigenvalue weighted by Crippen LogP contribution is -2.23. The molecule has 2 heterocycles. The van der Waals surface area contributed by atoms with Gasteiger partial charge in [-0.3, -0.25) is 9.59 Å². The molecule has 0 unspecified atom stereocenters. The molecule has 0 atom stereocenters. The van der Waals surface area contributed by atoms with Gasteiger partial charge in [0.2, 0.25) is 0 Å². The van der Waals surface area contributed by atoms with Crippen molar-refractivity contribution in [2.75, 3.05) is 0 Å². The number of carbonyl (C=O) groups excluding carboxylic acids is 1. The Morgan fingerprint density at radius 2 is 1.80 bits per heavy atom. The normalized spacial score (nSPS) is 10.7. The van der Waals surface area contributed by atoms with Crippen LogP contribution in [0.25, 0.3) is 5.69 Å². The van der Waals surface area contributed by atoms with Crippen LogP contribution in [0.1, 0.15) is 21.7 Å². The second kappa shape index (κ2) is 8.84. The Morgan fingerprint density at radius 1 is 1.03 bits per heavy atom. The highest BCUT2D eigenvalue weighted by Crippen LogP contribution is 2.25. The quantitative estimate of drug-likeness (QED) is 0.508. The van der Waals surface area contributed by atoms with Crippen molar-refractivity contribution in [1.29, 1.82) is 0 Å². The summed E-state index contributed by atoms with van der Waals surface area (Å²) < 4.78 is 6.54. The summed E-state index contributed by atoms with van der Waals surface area (Å²) in [6.07, 6.45) is 1.56. The average Bonchev–Trinajstić information content (AvgIpc) is 3.29. The molecule has 0 fully saturated rings. The molecule has 150 valence electrons. The number of aryl methyl sites for hydroxylation is 1. The maximum absolute atomic E-state index is 12.3. The van der Waals surface area contributed by atoms with E-state index in [9.17, 15) is 9.59 Å². The summed E-state index contributed by atoms with van der Waals surface area (Å²) in [5.74, 6) is 0.459. The lowest BCUT2D eigenvalue weighted by molar-refractivity contribution is 0.0948. The monoisotopic (exact) mass is 417 g/mol. The minimum Gasteiger partial charge on any atom is -0.467 e. The average molecular weight is 417 g/mol. The SMILES string of the molecule is Cc1ccc(Sc2ccc(=O)n(-c3ccc(C(=O)NCc4ccco4)cc3)n2)cc1. The smallest absolute Gasteiger partial charge is 0.271 e. The molecule has 0 bridgehead atoms. The van der Waals surface area contributed by atoms with Gasteiger partial charge in [0.15, 0.2) is 0 Å². The van der Waals surface area contributed by atoms with Gasteiger partial charge in [-0.2, -0.15) is 9.78 Å². The van der Waals surface area contributed by atoms with Crippen molar-refractivity contribution >= 4 is 17.7 Å². The van der Waals surface area contributed by atoms with Gasteiger partial charge in [0.25, 0.3) is 11.5 Å². The summed E-state index contributed by atoms with van der Waals surface area (Å²) in [5.41, 5.74) is 2.03. The fraction of sp³-hybridized carbons (Fsp3) is 0.0870. The Balaban J connectivity index is 1.49. The molecule has 30 heavy (non-hydrogen) atoms. The number of benzene rings is 2. The molecule has 4 aromatic rings. The van der Waals surface area contributed by atoms with Crippen molar-refractivity contribution in [2.45, 2.75) is 23.4 Å². The van der Waals surface area contributed by atoms with Crippen molar-refractivity contribution in [1.82, 2.24) is 15.1 Å². The van der Waals surface area contributed by atoms with E-state index < -0.39 is 0 Å². The first-order valence-electron chi connectivity index (χ1n) is 9.34. The molecule has 0 saturated carbocycles. The van der Waals surface area contributed by atoms with Crippen molar-refractivity contribution in [3.05, 3.63) is 106 Å². The fourth-order valence-electron chi connectivity index (χ4n) is 2.80. The van der Waals surface area contributed by atoms with Crippen LogP contribution < -0.4 is 10.9 Å². The molecule has 0 radical (unpaired) electrons. The van der Waals surface area contributed by atoms with E-state index in [0.29, 0.717) is 28.6 Å². The van der Waals surface area contributed by atoms with E-state index >= 15 is 0 Å². The van der Waals surface area contributed by atoms with Gasteiger partial charge < -0.3 is 9.73 Å². The van der Waals surface area contributed by atoms with Crippen LogP contribution in [0.4, 0.5) is 0 Å². The third kappa shape index (κ3) is 4.69. The Bertz CT molecular complexity index is 1200. The van der Waals surface area contributed by atoms with E-state index in [1.807, 2.05) is 31.2 Å². The summed E-state index contributed by atoms with van der Waals surface area (Å²) in [4.78, 5) is 25.7. The number of furan rings is 1. The largest absolute Gasteiger partial charge is 0.467 e. The van der Waals surface area contributed by atoms with Crippen LogP contribution in [0, 0.1) is 6.92 Å². The van der Waals surface area contributed by atoms with Crippen LogP contribution in [0.5, 0.6) is 0 Å². The molecule has 0 aliphatic rings. The first-order chi connectivity index (χ1) is 14.6. The Kier molecular flexibility index (Phi) is 5.81. The first kappa shape index (κ1) is 19.7. The minimum absolute atomic E-state index is 0.220. The van der Waals surface area contributed by atoms with Crippen LogP contribution in [0.15, 0.2) is 98.2 Å². The van der Waals surface area contributed by atoms with Crippen LogP contribution in [-0.4, -0.2) is 15.7 Å². The number of aromatic nitrogens is 2. The second-order valence-electron chi connectivity index (χ2n) is 6.65. The first-order valence-corrected chi connectivity index (χ1v) is 10.2. The fourth-order valence-corrected chi connectivity index (χ4v) is 3.57. The van der Waals surface area contributed by atoms with E-state index in [0.717, 1.165) is 4.90 Å². The number of nitrogens with one attached hydrogen (secondary N) is 1. The zero-order valence-corrected chi connectivity index (χ0v) is 17.1. The molecule has 7 heteroatoms. The molecule has 6 nitrogen and oxygen atoms in total. The Morgan fingerprint density at radius 3 is 2.50 bits per heavy atom.